The van der Waals surface area contributed by atoms with Crippen LogP contribution in [0.3, 0.4) is 0 Å². The predicted octanol–water partition coefficient (Wildman–Crippen LogP) is 5.44. The lowest BCUT2D eigenvalue weighted by Crippen LogP contribution is -2.43. The Bertz CT molecular complexity index is 1840. The molecule has 0 spiro atoms. The van der Waals surface area contributed by atoms with Gasteiger partial charge in [-0.15, -0.1) is 0 Å². The standard InChI is InChI=1S/C34H37F3N6O3/c1-2-23-26(36)7-6-20-12-22(44)13-24(28(20)23)30-29(37)31-25(15-39-30)32(42-9-3-5-19(16-42)11-27(38)45)41-33(40-31)46-18-34-8-4-10-43(34)17-21(35)14-34/h6-7,12-13,15,19,21,44H,2-5,8-11,14,16-18H2,1H3,(H2,38,45)/t19-,21-,34+/m1/s1. The molecule has 0 bridgehead atoms. The van der Waals surface area contributed by atoms with E-state index in [0.29, 0.717) is 60.0 Å². The summed E-state index contributed by atoms with van der Waals surface area (Å²) in [6.45, 7) is 4.23. The molecular formula is C34H37F3N6O3. The van der Waals surface area contributed by atoms with Crippen LogP contribution in [0.15, 0.2) is 30.5 Å². The van der Waals surface area contributed by atoms with E-state index in [0.717, 1.165) is 32.2 Å². The number of aromatic nitrogens is 3. The van der Waals surface area contributed by atoms with E-state index in [1.165, 1.54) is 24.4 Å². The molecule has 3 N–H and O–H groups in total. The second-order valence-corrected chi connectivity index (χ2v) is 13.0. The highest BCUT2D eigenvalue weighted by Crippen LogP contribution is 2.42. The zero-order valence-electron chi connectivity index (χ0n) is 25.7. The van der Waals surface area contributed by atoms with E-state index in [4.69, 9.17) is 15.5 Å². The van der Waals surface area contributed by atoms with Crippen LogP contribution >= 0.6 is 0 Å². The number of alkyl halides is 1. The Hall–Kier alpha value is -4.19. The van der Waals surface area contributed by atoms with Crippen LogP contribution in [0, 0.1) is 17.6 Å². The van der Waals surface area contributed by atoms with E-state index < -0.39 is 23.3 Å². The maximum absolute atomic E-state index is 16.8. The summed E-state index contributed by atoms with van der Waals surface area (Å²) < 4.78 is 52.4. The molecule has 0 radical (unpaired) electrons. The molecule has 9 nitrogen and oxygen atoms in total. The van der Waals surface area contributed by atoms with E-state index in [9.17, 15) is 18.7 Å². The SMILES string of the molecule is CCc1c(F)ccc2cc(O)cc(-c3ncc4c(N5CCC[C@H](CC(N)=O)C5)nc(OC[C@@]56CCCN5C[C@H](F)C6)nc4c3F)c12. The Balaban J connectivity index is 1.36. The summed E-state index contributed by atoms with van der Waals surface area (Å²) in [5.74, 6) is -1.26. The Morgan fingerprint density at radius 1 is 1.17 bits per heavy atom. The van der Waals surface area contributed by atoms with Crippen LogP contribution in [-0.2, 0) is 11.2 Å². The fraction of sp³-hybridized carbons (Fsp3) is 0.471. The van der Waals surface area contributed by atoms with Crippen LogP contribution in [0.2, 0.25) is 0 Å². The number of amides is 1. The first-order chi connectivity index (χ1) is 22.2. The van der Waals surface area contributed by atoms with Crippen molar-refractivity contribution in [3.05, 3.63) is 47.7 Å². The van der Waals surface area contributed by atoms with Crippen LogP contribution in [0.25, 0.3) is 32.9 Å². The number of ether oxygens (including phenoxy) is 1. The third kappa shape index (κ3) is 5.36. The van der Waals surface area contributed by atoms with Gasteiger partial charge in [-0.3, -0.25) is 14.7 Å². The second kappa shape index (κ2) is 11.9. The minimum atomic E-state index is -0.937. The van der Waals surface area contributed by atoms with Gasteiger partial charge in [0.2, 0.25) is 5.91 Å². The summed E-state index contributed by atoms with van der Waals surface area (Å²) in [7, 11) is 0. The first-order valence-electron chi connectivity index (χ1n) is 16.0. The Morgan fingerprint density at radius 2 is 2.02 bits per heavy atom. The van der Waals surface area contributed by atoms with Crippen molar-refractivity contribution < 1.29 is 27.8 Å². The van der Waals surface area contributed by atoms with Gasteiger partial charge < -0.3 is 20.5 Å². The van der Waals surface area contributed by atoms with Crippen molar-refractivity contribution in [2.75, 3.05) is 37.7 Å². The van der Waals surface area contributed by atoms with Crippen molar-refractivity contribution in [1.82, 2.24) is 19.9 Å². The van der Waals surface area contributed by atoms with Gasteiger partial charge in [-0.05, 0) is 79.1 Å². The molecule has 46 heavy (non-hydrogen) atoms. The molecular weight excluding hydrogens is 597 g/mol. The topological polar surface area (TPSA) is 118 Å². The predicted molar refractivity (Wildman–Crippen MR) is 169 cm³/mol. The summed E-state index contributed by atoms with van der Waals surface area (Å²) >= 11 is 0. The summed E-state index contributed by atoms with van der Waals surface area (Å²) in [5, 5.41) is 11.9. The van der Waals surface area contributed by atoms with Gasteiger partial charge in [0.15, 0.2) is 5.82 Å². The number of anilines is 1. The van der Waals surface area contributed by atoms with E-state index in [1.807, 2.05) is 11.8 Å². The lowest BCUT2D eigenvalue weighted by Gasteiger charge is -2.34. The maximum atomic E-state index is 16.8. The van der Waals surface area contributed by atoms with Crippen molar-refractivity contribution in [3.63, 3.8) is 0 Å². The van der Waals surface area contributed by atoms with E-state index in [2.05, 4.69) is 14.9 Å². The average molecular weight is 635 g/mol. The van der Waals surface area contributed by atoms with Crippen LogP contribution in [0.1, 0.15) is 51.0 Å². The number of piperidine rings is 1. The molecule has 242 valence electrons. The summed E-state index contributed by atoms with van der Waals surface area (Å²) in [6, 6.07) is 5.74. The number of aryl methyl sites for hydroxylation is 1. The Morgan fingerprint density at radius 3 is 2.83 bits per heavy atom. The highest BCUT2D eigenvalue weighted by Gasteiger charge is 2.49. The molecule has 3 aliphatic heterocycles. The zero-order valence-corrected chi connectivity index (χ0v) is 25.7. The summed E-state index contributed by atoms with van der Waals surface area (Å²) in [5.41, 5.74) is 5.55. The van der Waals surface area contributed by atoms with Gasteiger partial charge >= 0.3 is 6.01 Å². The molecule has 3 atom stereocenters. The van der Waals surface area contributed by atoms with Crippen LogP contribution in [0.4, 0.5) is 19.0 Å². The zero-order chi connectivity index (χ0) is 32.2. The largest absolute Gasteiger partial charge is 0.508 e. The number of hydrogen-bond acceptors (Lipinski definition) is 8. The number of nitrogens with zero attached hydrogens (tertiary/aromatic N) is 5. The molecule has 0 unspecified atom stereocenters. The number of pyridine rings is 1. The molecule has 3 saturated heterocycles. The number of aromatic hydroxyl groups is 1. The number of benzene rings is 2. The Kier molecular flexibility index (Phi) is 7.86. The van der Waals surface area contributed by atoms with Gasteiger partial charge in [-0.25, -0.2) is 13.2 Å². The number of rotatable bonds is 8. The van der Waals surface area contributed by atoms with Gasteiger partial charge in [0.1, 0.15) is 41.4 Å². The lowest BCUT2D eigenvalue weighted by atomic mass is 9.94. The highest BCUT2D eigenvalue weighted by molar-refractivity contribution is 6.01. The average Bonchev–Trinajstić information content (AvgIpc) is 3.55. The number of nitrogens with two attached hydrogens (primary N) is 1. The third-order valence-corrected chi connectivity index (χ3v) is 9.94. The first kappa shape index (κ1) is 30.5. The molecule has 4 aromatic rings. The van der Waals surface area contributed by atoms with Gasteiger partial charge in [-0.2, -0.15) is 9.97 Å². The van der Waals surface area contributed by atoms with Crippen molar-refractivity contribution in [1.29, 1.82) is 0 Å². The second-order valence-electron chi connectivity index (χ2n) is 13.0. The molecule has 1 amide bonds. The summed E-state index contributed by atoms with van der Waals surface area (Å²) in [4.78, 5) is 29.6. The van der Waals surface area contributed by atoms with Crippen molar-refractivity contribution in [2.24, 2.45) is 11.7 Å². The van der Waals surface area contributed by atoms with Gasteiger partial charge in [0.25, 0.3) is 0 Å². The number of primary amides is 1. The maximum Gasteiger partial charge on any atom is 0.319 e. The number of phenolic OH excluding ortho intramolecular Hbond substituents is 1. The fourth-order valence-corrected chi connectivity index (χ4v) is 7.90. The van der Waals surface area contributed by atoms with Gasteiger partial charge in [0, 0.05) is 44.2 Å². The molecule has 2 aromatic carbocycles. The number of carbonyl (C=O) groups is 1. The number of phenols is 1. The monoisotopic (exact) mass is 634 g/mol. The van der Waals surface area contributed by atoms with Crippen LogP contribution < -0.4 is 15.4 Å². The number of carbonyl (C=O) groups excluding carboxylic acids is 1. The molecule has 2 aromatic heterocycles. The molecule has 3 aliphatic rings. The number of hydrogen-bond donors (Lipinski definition) is 2. The Labute approximate surface area is 264 Å². The molecule has 12 heteroatoms. The smallest absolute Gasteiger partial charge is 0.319 e. The minimum Gasteiger partial charge on any atom is -0.508 e. The molecule has 7 rings (SSSR count). The van der Waals surface area contributed by atoms with Crippen molar-refractivity contribution in [2.45, 2.75) is 63.6 Å². The van der Waals surface area contributed by atoms with Crippen LogP contribution in [0.5, 0.6) is 11.8 Å². The minimum absolute atomic E-state index is 0.00430. The van der Waals surface area contributed by atoms with E-state index in [-0.39, 0.29) is 53.4 Å². The van der Waals surface area contributed by atoms with E-state index >= 15 is 4.39 Å². The molecule has 5 heterocycles. The molecule has 0 saturated carbocycles. The van der Waals surface area contributed by atoms with E-state index in [1.54, 1.807) is 6.07 Å². The highest BCUT2D eigenvalue weighted by atomic mass is 19.1. The van der Waals surface area contributed by atoms with Gasteiger partial charge in [-0.1, -0.05) is 13.0 Å². The quantitative estimate of drug-likeness (QED) is 0.263. The van der Waals surface area contributed by atoms with Crippen LogP contribution in [-0.4, -0.2) is 75.4 Å². The molecule has 3 fully saturated rings. The van der Waals surface area contributed by atoms with Crippen molar-refractivity contribution in [3.8, 4) is 23.0 Å². The van der Waals surface area contributed by atoms with Gasteiger partial charge in [0.05, 0.1) is 10.9 Å². The first-order valence-corrected chi connectivity index (χ1v) is 16.0. The lowest BCUT2D eigenvalue weighted by molar-refractivity contribution is -0.118. The summed E-state index contributed by atoms with van der Waals surface area (Å²) in [6.07, 6.45) is 4.83. The number of halogens is 3. The number of fused-ring (bicyclic) bond motifs is 3. The van der Waals surface area contributed by atoms with Crippen molar-refractivity contribution >= 4 is 33.4 Å². The molecule has 0 aliphatic carbocycles. The third-order valence-electron chi connectivity index (χ3n) is 9.94. The normalized spacial score (nSPS) is 23.3. The fourth-order valence-electron chi connectivity index (χ4n) is 7.90.